The summed E-state index contributed by atoms with van der Waals surface area (Å²) >= 11 is 5.87. The molecule has 0 spiro atoms. The number of nitrogen functional groups attached to an aromatic ring is 1. The number of benzene rings is 2. The molecular formula is C14H12ClN3. The summed E-state index contributed by atoms with van der Waals surface area (Å²) in [6.07, 6.45) is -0.182. The van der Waals surface area contributed by atoms with Gasteiger partial charge in [0.15, 0.2) is 6.17 Å². The van der Waals surface area contributed by atoms with E-state index < -0.39 is 0 Å². The normalized spacial score (nSPS) is 16.9. The van der Waals surface area contributed by atoms with Crippen molar-refractivity contribution in [2.75, 3.05) is 5.73 Å². The molecule has 3 rings (SSSR count). The summed E-state index contributed by atoms with van der Waals surface area (Å²) in [5.74, 6) is 0. The van der Waals surface area contributed by atoms with Crippen LogP contribution in [0.1, 0.15) is 17.3 Å². The minimum Gasteiger partial charge on any atom is -0.398 e. The van der Waals surface area contributed by atoms with Crippen molar-refractivity contribution in [3.05, 3.63) is 63.3 Å². The molecule has 0 radical (unpaired) electrons. The van der Waals surface area contributed by atoms with Crippen molar-refractivity contribution < 1.29 is 0 Å². The van der Waals surface area contributed by atoms with Crippen molar-refractivity contribution in [2.45, 2.75) is 13.1 Å². The number of nitrogens with zero attached hydrogens (tertiary/aromatic N) is 2. The van der Waals surface area contributed by atoms with E-state index in [1.54, 1.807) is 0 Å². The van der Waals surface area contributed by atoms with E-state index in [0.717, 1.165) is 27.5 Å². The molecule has 2 aromatic carbocycles. The van der Waals surface area contributed by atoms with E-state index in [0.29, 0.717) is 5.02 Å². The van der Waals surface area contributed by atoms with Crippen LogP contribution in [0.3, 0.4) is 0 Å². The second kappa shape index (κ2) is 4.10. The average molecular weight is 258 g/mol. The maximum absolute atomic E-state index is 5.88. The minimum absolute atomic E-state index is 0.182. The molecule has 2 aromatic rings. The molecular weight excluding hydrogens is 246 g/mol. The molecule has 1 heterocycles. The lowest BCUT2D eigenvalue weighted by atomic mass is 10.2. The van der Waals surface area contributed by atoms with Crippen LogP contribution in [0.5, 0.6) is 0 Å². The first-order chi connectivity index (χ1) is 8.63. The zero-order chi connectivity index (χ0) is 12.7. The molecule has 4 heteroatoms. The standard InChI is InChI=1S/C14H12ClN3/c1-8-6-12-13(7-11(8)16)18-14(17-12)9-2-4-10(15)5-3-9/h2-7,14H,16H2,1H3/t14-/m0/s1. The Morgan fingerprint density at radius 2 is 1.67 bits per heavy atom. The third kappa shape index (κ3) is 1.87. The highest BCUT2D eigenvalue weighted by molar-refractivity contribution is 6.30. The van der Waals surface area contributed by atoms with Gasteiger partial charge in [-0.1, -0.05) is 23.7 Å². The van der Waals surface area contributed by atoms with Crippen LogP contribution in [-0.2, 0) is 0 Å². The van der Waals surface area contributed by atoms with Gasteiger partial charge in [0.2, 0.25) is 0 Å². The molecule has 0 saturated carbocycles. The fraction of sp³-hybridized carbons (Fsp3) is 0.143. The molecule has 1 aliphatic heterocycles. The van der Waals surface area contributed by atoms with Crippen LogP contribution in [0.4, 0.5) is 5.69 Å². The fourth-order valence-electron chi connectivity index (χ4n) is 1.98. The van der Waals surface area contributed by atoms with Gasteiger partial charge < -0.3 is 5.73 Å². The second-order valence-corrected chi connectivity index (χ2v) is 4.82. The van der Waals surface area contributed by atoms with E-state index in [1.807, 2.05) is 43.3 Å². The van der Waals surface area contributed by atoms with E-state index >= 15 is 0 Å². The van der Waals surface area contributed by atoms with Gasteiger partial charge >= 0.3 is 0 Å². The third-order valence-corrected chi connectivity index (χ3v) is 3.31. The molecule has 0 aromatic heterocycles. The Morgan fingerprint density at radius 3 is 2.33 bits per heavy atom. The maximum atomic E-state index is 5.88. The van der Waals surface area contributed by atoms with Gasteiger partial charge in [-0.3, -0.25) is 9.98 Å². The molecule has 0 aliphatic carbocycles. The Labute approximate surface area is 110 Å². The van der Waals surface area contributed by atoms with E-state index in [4.69, 9.17) is 17.3 Å². The Bertz CT molecular complexity index is 679. The molecule has 18 heavy (non-hydrogen) atoms. The van der Waals surface area contributed by atoms with E-state index in [-0.39, 0.29) is 6.17 Å². The van der Waals surface area contributed by atoms with Crippen LogP contribution in [0.2, 0.25) is 5.02 Å². The molecule has 0 bridgehead atoms. The molecule has 1 atom stereocenters. The van der Waals surface area contributed by atoms with Gasteiger partial charge in [-0.05, 0) is 42.3 Å². The van der Waals surface area contributed by atoms with E-state index in [2.05, 4.69) is 9.98 Å². The number of aryl methyl sites for hydroxylation is 1. The average Bonchev–Trinajstić information content (AvgIpc) is 2.73. The second-order valence-electron chi connectivity index (χ2n) is 4.38. The van der Waals surface area contributed by atoms with Crippen molar-refractivity contribution in [3.8, 4) is 0 Å². The molecule has 0 fully saturated rings. The lowest BCUT2D eigenvalue weighted by molar-refractivity contribution is 0.771. The van der Waals surface area contributed by atoms with Crippen LogP contribution < -0.4 is 16.4 Å². The zero-order valence-corrected chi connectivity index (χ0v) is 10.6. The van der Waals surface area contributed by atoms with Crippen LogP contribution in [0.25, 0.3) is 0 Å². The van der Waals surface area contributed by atoms with E-state index in [1.165, 1.54) is 0 Å². The number of anilines is 1. The first-order valence-corrected chi connectivity index (χ1v) is 6.08. The van der Waals surface area contributed by atoms with Gasteiger partial charge in [0.05, 0.1) is 10.7 Å². The Hall–Kier alpha value is -1.87. The highest BCUT2D eigenvalue weighted by Gasteiger charge is 2.13. The van der Waals surface area contributed by atoms with Crippen molar-refractivity contribution in [1.29, 1.82) is 0 Å². The molecule has 2 N–H and O–H groups in total. The molecule has 0 amide bonds. The van der Waals surface area contributed by atoms with Crippen LogP contribution in [0.15, 0.2) is 46.4 Å². The minimum atomic E-state index is -0.182. The van der Waals surface area contributed by atoms with Gasteiger partial charge in [-0.25, -0.2) is 0 Å². The molecule has 0 unspecified atom stereocenters. The van der Waals surface area contributed by atoms with Crippen molar-refractivity contribution in [1.82, 2.24) is 0 Å². The first kappa shape index (κ1) is 11.2. The Kier molecular flexibility index (Phi) is 2.56. The predicted octanol–water partition coefficient (Wildman–Crippen LogP) is 2.18. The zero-order valence-electron chi connectivity index (χ0n) is 9.89. The maximum Gasteiger partial charge on any atom is 0.166 e. The first-order valence-electron chi connectivity index (χ1n) is 5.71. The largest absolute Gasteiger partial charge is 0.398 e. The molecule has 90 valence electrons. The Balaban J connectivity index is 2.09. The van der Waals surface area contributed by atoms with Crippen molar-refractivity contribution >= 4 is 17.3 Å². The highest BCUT2D eigenvalue weighted by atomic mass is 35.5. The fourth-order valence-corrected chi connectivity index (χ4v) is 2.11. The summed E-state index contributed by atoms with van der Waals surface area (Å²) in [5.41, 5.74) is 8.70. The summed E-state index contributed by atoms with van der Waals surface area (Å²) in [5, 5.41) is 2.48. The molecule has 3 nitrogen and oxygen atoms in total. The van der Waals surface area contributed by atoms with Gasteiger partial charge in [0.1, 0.15) is 0 Å². The van der Waals surface area contributed by atoms with Gasteiger partial charge in [-0.2, -0.15) is 0 Å². The lowest BCUT2D eigenvalue weighted by Gasteiger charge is -2.03. The summed E-state index contributed by atoms with van der Waals surface area (Å²) in [6.45, 7) is 1.97. The number of fused-ring (bicyclic) bond motifs is 1. The summed E-state index contributed by atoms with van der Waals surface area (Å²) in [4.78, 5) is 9.15. The van der Waals surface area contributed by atoms with Gasteiger partial charge in [-0.15, -0.1) is 0 Å². The quantitative estimate of drug-likeness (QED) is 0.783. The lowest BCUT2D eigenvalue weighted by Crippen LogP contribution is -2.22. The van der Waals surface area contributed by atoms with Crippen molar-refractivity contribution in [3.63, 3.8) is 0 Å². The summed E-state index contributed by atoms with van der Waals surface area (Å²) < 4.78 is 0. The monoisotopic (exact) mass is 257 g/mol. The summed E-state index contributed by atoms with van der Waals surface area (Å²) in [6, 6.07) is 11.5. The SMILES string of the molecule is Cc1cc2c(cc1N)=N[C@@H](c1ccc(Cl)cc1)N=2. The number of hydrogen-bond acceptors (Lipinski definition) is 3. The van der Waals surface area contributed by atoms with Gasteiger partial charge in [0, 0.05) is 10.7 Å². The number of nitrogens with two attached hydrogens (primary N) is 1. The Morgan fingerprint density at radius 1 is 1.06 bits per heavy atom. The van der Waals surface area contributed by atoms with Gasteiger partial charge in [0.25, 0.3) is 0 Å². The third-order valence-electron chi connectivity index (χ3n) is 3.05. The smallest absolute Gasteiger partial charge is 0.166 e. The number of hydrogen-bond donors (Lipinski definition) is 1. The predicted molar refractivity (Wildman–Crippen MR) is 72.1 cm³/mol. The number of halogens is 1. The molecule has 1 aliphatic rings. The van der Waals surface area contributed by atoms with Crippen LogP contribution in [0, 0.1) is 6.92 Å². The van der Waals surface area contributed by atoms with Crippen LogP contribution in [-0.4, -0.2) is 0 Å². The topological polar surface area (TPSA) is 50.7 Å². The van der Waals surface area contributed by atoms with E-state index in [9.17, 15) is 0 Å². The summed E-state index contributed by atoms with van der Waals surface area (Å²) in [7, 11) is 0. The van der Waals surface area contributed by atoms with Crippen LogP contribution >= 0.6 is 11.6 Å². The highest BCUT2D eigenvalue weighted by Crippen LogP contribution is 2.21. The number of rotatable bonds is 1. The van der Waals surface area contributed by atoms with Crippen molar-refractivity contribution in [2.24, 2.45) is 9.98 Å². The molecule has 0 saturated heterocycles.